The molecule has 3 heterocycles. The average Bonchev–Trinajstić information content (AvgIpc) is 3.24. The number of thiophene rings is 1. The highest BCUT2D eigenvalue weighted by Gasteiger charge is 2.38. The molecule has 2 aromatic rings. The van der Waals surface area contributed by atoms with Gasteiger partial charge in [-0.05, 0) is 69.7 Å². The van der Waals surface area contributed by atoms with Crippen LogP contribution in [-0.2, 0) is 17.7 Å². The third-order valence-electron chi connectivity index (χ3n) is 5.34. The lowest BCUT2D eigenvalue weighted by atomic mass is 9.83. The van der Waals surface area contributed by atoms with Crippen molar-refractivity contribution in [1.29, 1.82) is 0 Å². The molecule has 1 fully saturated rings. The number of rotatable bonds is 8. The van der Waals surface area contributed by atoms with Gasteiger partial charge in [-0.1, -0.05) is 12.1 Å². The van der Waals surface area contributed by atoms with Crippen LogP contribution in [0.5, 0.6) is 0 Å². The minimum Gasteiger partial charge on any atom is -0.381 e. The molecule has 0 radical (unpaired) electrons. The summed E-state index contributed by atoms with van der Waals surface area (Å²) in [4.78, 5) is 8.71. The number of pyridine rings is 1. The van der Waals surface area contributed by atoms with Crippen LogP contribution in [0.4, 0.5) is 0 Å². The van der Waals surface area contributed by atoms with E-state index in [0.29, 0.717) is 5.41 Å². The minimum absolute atomic E-state index is 0.298. The van der Waals surface area contributed by atoms with Gasteiger partial charge in [0.1, 0.15) is 0 Å². The van der Waals surface area contributed by atoms with E-state index in [9.17, 15) is 0 Å². The van der Waals surface area contributed by atoms with Crippen LogP contribution < -0.4 is 0 Å². The predicted octanol–water partition coefficient (Wildman–Crippen LogP) is 4.62. The molecule has 4 heteroatoms. The van der Waals surface area contributed by atoms with Crippen LogP contribution in [0.2, 0.25) is 0 Å². The lowest BCUT2D eigenvalue weighted by Gasteiger charge is -2.29. The van der Waals surface area contributed by atoms with Gasteiger partial charge < -0.3 is 4.74 Å². The van der Waals surface area contributed by atoms with E-state index in [1.807, 2.05) is 11.3 Å². The number of hydrogen-bond acceptors (Lipinski definition) is 4. The fourth-order valence-electron chi connectivity index (χ4n) is 3.84. The predicted molar refractivity (Wildman–Crippen MR) is 105 cm³/mol. The standard InChI is InChI=1S/C21H30N2OS/c1-4-24-16-21(10-9-20-6-5-13-25-20)11-12-23(15-21)14-19-8-7-17(2)22-18(19)3/h5-8,13H,4,9-12,14-16H2,1-3H3/t21-/m0/s1. The second-order valence-electron chi connectivity index (χ2n) is 7.37. The molecule has 0 amide bonds. The van der Waals surface area contributed by atoms with E-state index in [0.717, 1.165) is 38.5 Å². The molecule has 1 aliphatic heterocycles. The fourth-order valence-corrected chi connectivity index (χ4v) is 4.55. The van der Waals surface area contributed by atoms with Gasteiger partial charge in [-0.2, -0.15) is 0 Å². The molecule has 0 unspecified atom stereocenters. The molecule has 136 valence electrons. The normalized spacial score (nSPS) is 21.1. The second-order valence-corrected chi connectivity index (χ2v) is 8.41. The van der Waals surface area contributed by atoms with Crippen LogP contribution in [0.25, 0.3) is 0 Å². The molecule has 0 spiro atoms. The molecule has 0 aliphatic carbocycles. The quantitative estimate of drug-likeness (QED) is 0.688. The van der Waals surface area contributed by atoms with Crippen molar-refractivity contribution in [2.75, 3.05) is 26.3 Å². The first kappa shape index (κ1) is 18.6. The molecule has 3 rings (SSSR count). The fraction of sp³-hybridized carbons (Fsp3) is 0.571. The Morgan fingerprint density at radius 3 is 2.88 bits per heavy atom. The molecule has 0 N–H and O–H groups in total. The summed E-state index contributed by atoms with van der Waals surface area (Å²) in [5, 5.41) is 2.18. The zero-order valence-electron chi connectivity index (χ0n) is 15.8. The monoisotopic (exact) mass is 358 g/mol. The van der Waals surface area contributed by atoms with Crippen molar-refractivity contribution < 1.29 is 4.74 Å². The highest BCUT2D eigenvalue weighted by Crippen LogP contribution is 2.37. The van der Waals surface area contributed by atoms with E-state index < -0.39 is 0 Å². The zero-order valence-corrected chi connectivity index (χ0v) is 16.6. The SMILES string of the molecule is CCOC[C@@]1(CCc2cccs2)CCN(Cc2ccc(C)nc2C)C1. The van der Waals surface area contributed by atoms with Crippen molar-refractivity contribution in [3.05, 3.63) is 51.5 Å². The molecule has 1 aliphatic rings. The Morgan fingerprint density at radius 2 is 2.16 bits per heavy atom. The summed E-state index contributed by atoms with van der Waals surface area (Å²) in [5.41, 5.74) is 3.92. The Kier molecular flexibility index (Phi) is 6.26. The van der Waals surface area contributed by atoms with E-state index in [4.69, 9.17) is 4.74 Å². The van der Waals surface area contributed by atoms with Crippen molar-refractivity contribution >= 4 is 11.3 Å². The van der Waals surface area contributed by atoms with E-state index in [1.54, 1.807) is 0 Å². The van der Waals surface area contributed by atoms with Gasteiger partial charge in [0.25, 0.3) is 0 Å². The molecular weight excluding hydrogens is 328 g/mol. The molecule has 0 aromatic carbocycles. The molecule has 1 atom stereocenters. The summed E-state index contributed by atoms with van der Waals surface area (Å²) in [6.45, 7) is 11.3. The number of likely N-dealkylation sites (tertiary alicyclic amines) is 1. The molecule has 3 nitrogen and oxygen atoms in total. The summed E-state index contributed by atoms with van der Waals surface area (Å²) in [6.07, 6.45) is 3.62. The van der Waals surface area contributed by atoms with Gasteiger partial charge in [-0.3, -0.25) is 9.88 Å². The second kappa shape index (κ2) is 8.43. The Morgan fingerprint density at radius 1 is 1.28 bits per heavy atom. The van der Waals surface area contributed by atoms with E-state index in [2.05, 4.69) is 60.3 Å². The van der Waals surface area contributed by atoms with Gasteiger partial charge in [0.05, 0.1) is 6.61 Å². The summed E-state index contributed by atoms with van der Waals surface area (Å²) >= 11 is 1.87. The maximum Gasteiger partial charge on any atom is 0.0535 e. The Hall–Kier alpha value is -1.23. The Balaban J connectivity index is 1.64. The first-order valence-electron chi connectivity index (χ1n) is 9.36. The van der Waals surface area contributed by atoms with Crippen LogP contribution in [0.3, 0.4) is 0 Å². The molecule has 0 saturated carbocycles. The van der Waals surface area contributed by atoms with Gasteiger partial charge in [-0.25, -0.2) is 0 Å². The lowest BCUT2D eigenvalue weighted by Crippen LogP contribution is -2.32. The first-order valence-corrected chi connectivity index (χ1v) is 10.2. The Bertz CT molecular complexity index is 671. The summed E-state index contributed by atoms with van der Waals surface area (Å²) in [5.74, 6) is 0. The van der Waals surface area contributed by atoms with Crippen LogP contribution in [0.15, 0.2) is 29.6 Å². The van der Waals surface area contributed by atoms with E-state index in [1.165, 1.54) is 35.4 Å². The average molecular weight is 359 g/mol. The summed E-state index contributed by atoms with van der Waals surface area (Å²) < 4.78 is 5.89. The van der Waals surface area contributed by atoms with Gasteiger partial charge >= 0.3 is 0 Å². The molecule has 2 aromatic heterocycles. The van der Waals surface area contributed by atoms with Crippen molar-refractivity contribution in [2.24, 2.45) is 5.41 Å². The maximum atomic E-state index is 5.89. The third kappa shape index (κ3) is 4.90. The molecular formula is C21H30N2OS. The molecule has 1 saturated heterocycles. The topological polar surface area (TPSA) is 25.4 Å². The number of ether oxygens (including phenoxy) is 1. The van der Waals surface area contributed by atoms with Gasteiger partial charge in [0.15, 0.2) is 0 Å². The van der Waals surface area contributed by atoms with Crippen molar-refractivity contribution in [3.8, 4) is 0 Å². The molecule has 0 bridgehead atoms. The smallest absolute Gasteiger partial charge is 0.0535 e. The zero-order chi connectivity index (χ0) is 17.7. The minimum atomic E-state index is 0.298. The van der Waals surface area contributed by atoms with Crippen LogP contribution in [0.1, 0.15) is 41.6 Å². The lowest BCUT2D eigenvalue weighted by molar-refractivity contribution is 0.0490. The van der Waals surface area contributed by atoms with Gasteiger partial charge in [0.2, 0.25) is 0 Å². The van der Waals surface area contributed by atoms with Crippen molar-refractivity contribution in [1.82, 2.24) is 9.88 Å². The number of aryl methyl sites for hydroxylation is 3. The number of nitrogens with zero attached hydrogens (tertiary/aromatic N) is 2. The highest BCUT2D eigenvalue weighted by atomic mass is 32.1. The van der Waals surface area contributed by atoms with Crippen LogP contribution >= 0.6 is 11.3 Å². The van der Waals surface area contributed by atoms with E-state index >= 15 is 0 Å². The van der Waals surface area contributed by atoms with Crippen LogP contribution in [0, 0.1) is 19.3 Å². The Labute approximate surface area is 156 Å². The van der Waals surface area contributed by atoms with Crippen molar-refractivity contribution in [3.63, 3.8) is 0 Å². The van der Waals surface area contributed by atoms with Crippen LogP contribution in [-0.4, -0.2) is 36.2 Å². The van der Waals surface area contributed by atoms with Gasteiger partial charge in [0, 0.05) is 41.4 Å². The number of aromatic nitrogens is 1. The van der Waals surface area contributed by atoms with Gasteiger partial charge in [-0.15, -0.1) is 11.3 Å². The van der Waals surface area contributed by atoms with E-state index in [-0.39, 0.29) is 0 Å². The highest BCUT2D eigenvalue weighted by molar-refractivity contribution is 7.09. The maximum absolute atomic E-state index is 5.89. The summed E-state index contributed by atoms with van der Waals surface area (Å²) in [7, 11) is 0. The first-order chi connectivity index (χ1) is 12.1. The molecule has 25 heavy (non-hydrogen) atoms. The summed E-state index contributed by atoms with van der Waals surface area (Å²) in [6, 6.07) is 8.78. The third-order valence-corrected chi connectivity index (χ3v) is 6.28. The van der Waals surface area contributed by atoms with Crippen molar-refractivity contribution in [2.45, 2.75) is 46.6 Å². The number of hydrogen-bond donors (Lipinski definition) is 0. The largest absolute Gasteiger partial charge is 0.381 e.